The van der Waals surface area contributed by atoms with Crippen molar-refractivity contribution in [2.45, 2.75) is 32.4 Å². The molecule has 1 aliphatic rings. The van der Waals surface area contributed by atoms with Crippen LogP contribution < -0.4 is 0 Å². The maximum atomic E-state index is 12.9. The van der Waals surface area contributed by atoms with Gasteiger partial charge in [-0.15, -0.1) is 0 Å². The molecule has 1 fully saturated rings. The van der Waals surface area contributed by atoms with Gasteiger partial charge in [-0.3, -0.25) is 14.7 Å². The zero-order chi connectivity index (χ0) is 26.5. The summed E-state index contributed by atoms with van der Waals surface area (Å²) in [7, 11) is 2.11. The van der Waals surface area contributed by atoms with Gasteiger partial charge in [-0.1, -0.05) is 54.6 Å². The first-order valence-corrected chi connectivity index (χ1v) is 13.8. The Balaban J connectivity index is 1.41. The van der Waals surface area contributed by atoms with Gasteiger partial charge in [-0.25, -0.2) is 0 Å². The van der Waals surface area contributed by atoms with E-state index >= 15 is 0 Å². The molecular formula is C34H32N4O. The summed E-state index contributed by atoms with van der Waals surface area (Å²) in [5, 5.41) is 3.49. The number of carbonyl (C=O) groups is 1. The molecule has 0 atom stereocenters. The number of piperidine rings is 1. The number of nitrogens with zero attached hydrogens (tertiary/aromatic N) is 4. The van der Waals surface area contributed by atoms with E-state index in [0.29, 0.717) is 6.04 Å². The first-order valence-electron chi connectivity index (χ1n) is 13.8. The number of fused-ring (bicyclic) bond motifs is 4. The van der Waals surface area contributed by atoms with Gasteiger partial charge in [0.05, 0.1) is 5.52 Å². The highest BCUT2D eigenvalue weighted by Crippen LogP contribution is 2.43. The second-order valence-electron chi connectivity index (χ2n) is 10.9. The van der Waals surface area contributed by atoms with Crippen LogP contribution in [0.2, 0.25) is 0 Å². The van der Waals surface area contributed by atoms with Gasteiger partial charge in [0, 0.05) is 95.2 Å². The molecule has 4 heterocycles. The van der Waals surface area contributed by atoms with Gasteiger partial charge in [0.1, 0.15) is 0 Å². The lowest BCUT2D eigenvalue weighted by molar-refractivity contribution is 0.101. The summed E-state index contributed by atoms with van der Waals surface area (Å²) < 4.78 is 4.77. The number of carbonyl (C=O) groups excluding carboxylic acids is 1. The number of aromatic nitrogens is 3. The molecule has 7 rings (SSSR count). The standard InChI is InChI=1S/C34H32N4O/c1-23(39)26-13-14-28(30-22-36(2)31-11-5-3-9-27(30)31)34-33(26)29-10-4-6-12-32(29)38(34)25-15-18-37(19-16-25)21-24-8-7-17-35-20-24/h3-14,17,20,22,25H,15-16,18-19,21H2,1-2H3. The summed E-state index contributed by atoms with van der Waals surface area (Å²) >= 11 is 0. The molecule has 0 amide bonds. The maximum absolute atomic E-state index is 12.9. The van der Waals surface area contributed by atoms with E-state index in [4.69, 9.17) is 0 Å². The van der Waals surface area contributed by atoms with E-state index in [0.717, 1.165) is 48.8 Å². The van der Waals surface area contributed by atoms with Crippen molar-refractivity contribution < 1.29 is 4.79 Å². The predicted octanol–water partition coefficient (Wildman–Crippen LogP) is 7.39. The van der Waals surface area contributed by atoms with Gasteiger partial charge in [0.25, 0.3) is 0 Å². The summed E-state index contributed by atoms with van der Waals surface area (Å²) in [6, 6.07) is 26.0. The first kappa shape index (κ1) is 23.9. The molecule has 0 N–H and O–H groups in total. The van der Waals surface area contributed by atoms with Crippen molar-refractivity contribution in [2.75, 3.05) is 13.1 Å². The summed E-state index contributed by atoms with van der Waals surface area (Å²) in [5.74, 6) is 0.110. The van der Waals surface area contributed by atoms with E-state index in [9.17, 15) is 4.79 Å². The second-order valence-corrected chi connectivity index (χ2v) is 10.9. The number of Topliss-reactive ketones (excluding diaryl/α,β-unsaturated/α-hetero) is 1. The Bertz CT molecular complexity index is 1840. The SMILES string of the molecule is CC(=O)c1ccc(-c2cn(C)c3ccccc23)c2c1c1ccccc1n2C1CCN(Cc2cccnc2)CC1. The summed E-state index contributed by atoms with van der Waals surface area (Å²) in [6.45, 7) is 4.69. The van der Waals surface area contributed by atoms with Crippen LogP contribution in [0.4, 0.5) is 0 Å². The highest BCUT2D eigenvalue weighted by molar-refractivity contribution is 6.22. The monoisotopic (exact) mass is 512 g/mol. The summed E-state index contributed by atoms with van der Waals surface area (Å²) in [6.07, 6.45) is 8.17. The van der Waals surface area contributed by atoms with Crippen LogP contribution in [0.3, 0.4) is 0 Å². The van der Waals surface area contributed by atoms with Crippen molar-refractivity contribution in [3.05, 3.63) is 103 Å². The maximum Gasteiger partial charge on any atom is 0.160 e. The van der Waals surface area contributed by atoms with E-state index in [1.54, 1.807) is 6.92 Å². The molecule has 0 bridgehead atoms. The molecule has 0 saturated carbocycles. The van der Waals surface area contributed by atoms with Crippen molar-refractivity contribution >= 4 is 38.5 Å². The minimum absolute atomic E-state index is 0.110. The quantitative estimate of drug-likeness (QED) is 0.226. The van der Waals surface area contributed by atoms with Crippen LogP contribution in [0.5, 0.6) is 0 Å². The number of para-hydroxylation sites is 2. The molecule has 194 valence electrons. The number of pyridine rings is 1. The molecule has 39 heavy (non-hydrogen) atoms. The van der Waals surface area contributed by atoms with E-state index < -0.39 is 0 Å². The fourth-order valence-corrected chi connectivity index (χ4v) is 6.66. The fourth-order valence-electron chi connectivity index (χ4n) is 6.66. The molecule has 0 radical (unpaired) electrons. The van der Waals surface area contributed by atoms with Crippen LogP contribution in [-0.4, -0.2) is 37.9 Å². The molecule has 1 aliphatic heterocycles. The van der Waals surface area contributed by atoms with Crippen molar-refractivity contribution in [1.82, 2.24) is 19.0 Å². The Morgan fingerprint density at radius 3 is 2.36 bits per heavy atom. The van der Waals surface area contributed by atoms with Crippen LogP contribution in [0.1, 0.15) is 41.7 Å². The topological polar surface area (TPSA) is 43.1 Å². The molecule has 5 nitrogen and oxygen atoms in total. The lowest BCUT2D eigenvalue weighted by Gasteiger charge is -2.33. The van der Waals surface area contributed by atoms with Gasteiger partial charge < -0.3 is 9.13 Å². The lowest BCUT2D eigenvalue weighted by Crippen LogP contribution is -2.34. The normalized spacial score (nSPS) is 15.0. The number of hydrogen-bond acceptors (Lipinski definition) is 3. The average Bonchev–Trinajstić information content (AvgIpc) is 3.49. The van der Waals surface area contributed by atoms with Gasteiger partial charge in [-0.2, -0.15) is 0 Å². The van der Waals surface area contributed by atoms with Crippen molar-refractivity contribution in [3.8, 4) is 11.1 Å². The van der Waals surface area contributed by atoms with Crippen molar-refractivity contribution in [3.63, 3.8) is 0 Å². The molecular weight excluding hydrogens is 480 g/mol. The van der Waals surface area contributed by atoms with E-state index in [1.807, 2.05) is 24.5 Å². The highest BCUT2D eigenvalue weighted by Gasteiger charge is 2.27. The summed E-state index contributed by atoms with van der Waals surface area (Å²) in [4.78, 5) is 19.8. The third kappa shape index (κ3) is 3.96. The van der Waals surface area contributed by atoms with Gasteiger partial charge >= 0.3 is 0 Å². The Hall–Kier alpha value is -4.22. The number of benzene rings is 3. The summed E-state index contributed by atoms with van der Waals surface area (Å²) in [5.41, 5.74) is 8.09. The average molecular weight is 513 g/mol. The Labute approximate surface area is 228 Å². The smallest absolute Gasteiger partial charge is 0.160 e. The van der Waals surface area contributed by atoms with E-state index in [-0.39, 0.29) is 5.78 Å². The van der Waals surface area contributed by atoms with Crippen LogP contribution >= 0.6 is 0 Å². The van der Waals surface area contributed by atoms with Crippen LogP contribution in [0, 0.1) is 0 Å². The third-order valence-electron chi connectivity index (χ3n) is 8.47. The Kier molecular flexibility index (Phi) is 5.82. The number of aryl methyl sites for hydroxylation is 1. The van der Waals surface area contributed by atoms with Crippen LogP contribution in [-0.2, 0) is 13.6 Å². The molecule has 1 saturated heterocycles. The van der Waals surface area contributed by atoms with Crippen LogP contribution in [0.15, 0.2) is 91.4 Å². The van der Waals surface area contributed by atoms with Gasteiger partial charge in [-0.05, 0) is 43.5 Å². The predicted molar refractivity (Wildman–Crippen MR) is 159 cm³/mol. The number of rotatable bonds is 5. The van der Waals surface area contributed by atoms with Crippen LogP contribution in [0.25, 0.3) is 43.8 Å². The number of ketones is 1. The molecule has 0 aliphatic carbocycles. The Morgan fingerprint density at radius 2 is 1.62 bits per heavy atom. The Morgan fingerprint density at radius 1 is 0.872 bits per heavy atom. The molecule has 5 heteroatoms. The lowest BCUT2D eigenvalue weighted by atomic mass is 9.96. The molecule has 6 aromatic rings. The minimum atomic E-state index is 0.110. The third-order valence-corrected chi connectivity index (χ3v) is 8.47. The van der Waals surface area contributed by atoms with Gasteiger partial charge in [0.15, 0.2) is 5.78 Å². The fraction of sp³-hybridized carbons (Fsp3) is 0.235. The molecule has 0 unspecified atom stereocenters. The highest BCUT2D eigenvalue weighted by atomic mass is 16.1. The van der Waals surface area contributed by atoms with Crippen molar-refractivity contribution in [2.24, 2.45) is 7.05 Å². The minimum Gasteiger partial charge on any atom is -0.350 e. The zero-order valence-electron chi connectivity index (χ0n) is 22.5. The van der Waals surface area contributed by atoms with Crippen molar-refractivity contribution in [1.29, 1.82) is 0 Å². The molecule has 0 spiro atoms. The zero-order valence-corrected chi connectivity index (χ0v) is 22.5. The van der Waals surface area contributed by atoms with Gasteiger partial charge in [0.2, 0.25) is 0 Å². The second kappa shape index (κ2) is 9.51. The molecule has 3 aromatic heterocycles. The van der Waals surface area contributed by atoms with E-state index in [2.05, 4.69) is 92.9 Å². The molecule has 3 aromatic carbocycles. The number of likely N-dealkylation sites (tertiary alicyclic amines) is 1. The number of hydrogen-bond donors (Lipinski definition) is 0. The first-order chi connectivity index (χ1) is 19.1. The van der Waals surface area contributed by atoms with E-state index in [1.165, 1.54) is 38.6 Å². The largest absolute Gasteiger partial charge is 0.350 e.